The number of carbonyl (C=O) groups is 1. The number of ether oxygens (including phenoxy) is 1. The highest BCUT2D eigenvalue weighted by Crippen LogP contribution is 2.49. The van der Waals surface area contributed by atoms with E-state index in [9.17, 15) is 13.2 Å². The van der Waals surface area contributed by atoms with E-state index < -0.39 is 10.0 Å². The number of rotatable bonds is 6. The Balaban J connectivity index is 1.42. The van der Waals surface area contributed by atoms with Crippen molar-refractivity contribution >= 4 is 21.6 Å². The third-order valence-electron chi connectivity index (χ3n) is 8.31. The van der Waals surface area contributed by atoms with Crippen LogP contribution >= 0.6 is 0 Å². The Morgan fingerprint density at radius 3 is 2.48 bits per heavy atom. The van der Waals surface area contributed by atoms with Gasteiger partial charge in [-0.05, 0) is 81.4 Å². The van der Waals surface area contributed by atoms with E-state index in [1.807, 2.05) is 6.07 Å². The summed E-state index contributed by atoms with van der Waals surface area (Å²) in [5.74, 6) is 1.93. The Kier molecular flexibility index (Phi) is 6.69. The van der Waals surface area contributed by atoms with Gasteiger partial charge in [-0.3, -0.25) is 4.79 Å². The van der Waals surface area contributed by atoms with Gasteiger partial charge in [-0.15, -0.1) is 0 Å². The van der Waals surface area contributed by atoms with Crippen molar-refractivity contribution in [3.63, 3.8) is 0 Å². The highest BCUT2D eigenvalue weighted by molar-refractivity contribution is 7.89. The molecule has 2 aliphatic carbocycles. The van der Waals surface area contributed by atoms with E-state index >= 15 is 0 Å². The first-order valence-electron chi connectivity index (χ1n) is 12.7. The van der Waals surface area contributed by atoms with Crippen LogP contribution in [0, 0.1) is 17.8 Å². The molecule has 1 amide bonds. The first kappa shape index (κ1) is 23.1. The first-order valence-corrected chi connectivity index (χ1v) is 14.2. The van der Waals surface area contributed by atoms with Gasteiger partial charge in [0.1, 0.15) is 0 Å². The summed E-state index contributed by atoms with van der Waals surface area (Å²) >= 11 is 0. The molecule has 4 atom stereocenters. The van der Waals surface area contributed by atoms with Crippen LogP contribution in [0.5, 0.6) is 0 Å². The standard InChI is InChI=1S/C25H37N3O4S/c1-18(22-16-19-5-6-20(22)15-19)26-25(29)23-17-21(33(30,31)28-11-13-32-14-12-28)7-8-24(23)27-9-3-2-4-10-27/h7-8,17-20,22H,2-6,9-16H2,1H3,(H,26,29). The molecule has 2 heterocycles. The van der Waals surface area contributed by atoms with Crippen LogP contribution in [0.4, 0.5) is 5.69 Å². The van der Waals surface area contributed by atoms with Gasteiger partial charge in [0.25, 0.3) is 5.91 Å². The number of carbonyl (C=O) groups excluding carboxylic acids is 1. The summed E-state index contributed by atoms with van der Waals surface area (Å²) in [4.78, 5) is 16.0. The highest BCUT2D eigenvalue weighted by Gasteiger charge is 2.42. The minimum atomic E-state index is -3.66. The number of sulfonamides is 1. The lowest BCUT2D eigenvalue weighted by molar-refractivity contribution is 0.0730. The van der Waals surface area contributed by atoms with Crippen molar-refractivity contribution in [1.29, 1.82) is 0 Å². The average Bonchev–Trinajstić information content (AvgIpc) is 3.49. The molecule has 1 aromatic carbocycles. The summed E-state index contributed by atoms with van der Waals surface area (Å²) in [5.41, 5.74) is 1.34. The molecular formula is C25H37N3O4S. The predicted molar refractivity (Wildman–Crippen MR) is 128 cm³/mol. The predicted octanol–water partition coefficient (Wildman–Crippen LogP) is 3.25. The molecule has 2 saturated carbocycles. The minimum absolute atomic E-state index is 0.0986. The molecule has 8 heteroatoms. The molecular weight excluding hydrogens is 438 g/mol. The Morgan fingerprint density at radius 2 is 1.82 bits per heavy atom. The fraction of sp³-hybridized carbons (Fsp3) is 0.720. The average molecular weight is 476 g/mol. The first-order chi connectivity index (χ1) is 15.9. The molecule has 1 N–H and O–H groups in total. The van der Waals surface area contributed by atoms with Gasteiger partial charge in [0.15, 0.2) is 0 Å². The van der Waals surface area contributed by atoms with Crippen LogP contribution in [0.15, 0.2) is 23.1 Å². The molecule has 4 fully saturated rings. The third-order valence-corrected chi connectivity index (χ3v) is 10.2. The van der Waals surface area contributed by atoms with Gasteiger partial charge >= 0.3 is 0 Å². The Bertz CT molecular complexity index is 970. The van der Waals surface area contributed by atoms with Crippen molar-refractivity contribution in [2.45, 2.75) is 62.8 Å². The fourth-order valence-corrected chi connectivity index (χ4v) is 7.94. The molecule has 7 nitrogen and oxygen atoms in total. The van der Waals surface area contributed by atoms with Gasteiger partial charge in [-0.25, -0.2) is 8.42 Å². The zero-order chi connectivity index (χ0) is 23.0. The maximum Gasteiger partial charge on any atom is 0.253 e. The molecule has 0 radical (unpaired) electrons. The molecule has 2 saturated heterocycles. The van der Waals surface area contributed by atoms with Gasteiger partial charge in [0, 0.05) is 37.9 Å². The lowest BCUT2D eigenvalue weighted by Gasteiger charge is -2.32. The lowest BCUT2D eigenvalue weighted by Crippen LogP contribution is -2.42. The summed E-state index contributed by atoms with van der Waals surface area (Å²) in [6.07, 6.45) is 8.51. The van der Waals surface area contributed by atoms with E-state index in [0.29, 0.717) is 37.8 Å². The summed E-state index contributed by atoms with van der Waals surface area (Å²) in [5, 5.41) is 3.27. The van der Waals surface area contributed by atoms with E-state index in [2.05, 4.69) is 17.1 Å². The van der Waals surface area contributed by atoms with Gasteiger partial charge in [-0.2, -0.15) is 4.31 Å². The van der Waals surface area contributed by atoms with Crippen LogP contribution in [0.2, 0.25) is 0 Å². The Morgan fingerprint density at radius 1 is 1.06 bits per heavy atom. The van der Waals surface area contributed by atoms with Crippen LogP contribution in [0.25, 0.3) is 0 Å². The van der Waals surface area contributed by atoms with Crippen LogP contribution < -0.4 is 10.2 Å². The number of benzene rings is 1. The number of hydrogen-bond donors (Lipinski definition) is 1. The zero-order valence-corrected chi connectivity index (χ0v) is 20.5. The number of anilines is 1. The second-order valence-electron chi connectivity index (χ2n) is 10.3. The number of hydrogen-bond acceptors (Lipinski definition) is 5. The van der Waals surface area contributed by atoms with Gasteiger partial charge in [-0.1, -0.05) is 6.42 Å². The van der Waals surface area contributed by atoms with Crippen molar-refractivity contribution in [1.82, 2.24) is 9.62 Å². The molecule has 0 spiro atoms. The third kappa shape index (κ3) is 4.66. The van der Waals surface area contributed by atoms with Crippen molar-refractivity contribution in [3.05, 3.63) is 23.8 Å². The Labute approximate surface area is 197 Å². The normalized spacial score (nSPS) is 29.2. The molecule has 4 aliphatic rings. The smallest absolute Gasteiger partial charge is 0.253 e. The van der Waals surface area contributed by atoms with E-state index in [1.165, 1.54) is 36.4 Å². The second-order valence-corrected chi connectivity index (χ2v) is 12.3. The SMILES string of the molecule is CC(NC(=O)c1cc(S(=O)(=O)N2CCOCC2)ccc1N1CCCCC1)C1CC2CCC1C2. The molecule has 2 bridgehead atoms. The summed E-state index contributed by atoms with van der Waals surface area (Å²) < 4.78 is 33.4. The largest absolute Gasteiger partial charge is 0.379 e. The van der Waals surface area contributed by atoms with E-state index in [4.69, 9.17) is 4.74 Å². The lowest BCUT2D eigenvalue weighted by atomic mass is 9.84. The van der Waals surface area contributed by atoms with Crippen molar-refractivity contribution in [2.24, 2.45) is 17.8 Å². The molecule has 4 unspecified atom stereocenters. The molecule has 2 aliphatic heterocycles. The minimum Gasteiger partial charge on any atom is -0.379 e. The molecule has 33 heavy (non-hydrogen) atoms. The van der Waals surface area contributed by atoms with Crippen LogP contribution in [0.1, 0.15) is 62.2 Å². The molecule has 182 valence electrons. The monoisotopic (exact) mass is 475 g/mol. The van der Waals surface area contributed by atoms with Gasteiger partial charge < -0.3 is 15.0 Å². The number of piperidine rings is 1. The summed E-state index contributed by atoms with van der Waals surface area (Å²) in [6, 6.07) is 5.22. The van der Waals surface area contributed by atoms with Crippen molar-refractivity contribution in [2.75, 3.05) is 44.3 Å². The van der Waals surface area contributed by atoms with E-state index in [1.54, 1.807) is 12.1 Å². The molecule has 1 aromatic rings. The highest BCUT2D eigenvalue weighted by atomic mass is 32.2. The quantitative estimate of drug-likeness (QED) is 0.683. The maximum atomic E-state index is 13.6. The number of morpholine rings is 1. The number of amides is 1. The Hall–Kier alpha value is -1.64. The fourth-order valence-electron chi connectivity index (χ4n) is 6.50. The van der Waals surface area contributed by atoms with E-state index in [-0.39, 0.29) is 16.8 Å². The van der Waals surface area contributed by atoms with Crippen LogP contribution in [0.3, 0.4) is 0 Å². The second kappa shape index (κ2) is 9.55. The van der Waals surface area contributed by atoms with Crippen LogP contribution in [-0.2, 0) is 14.8 Å². The number of nitrogens with one attached hydrogen (secondary N) is 1. The summed E-state index contributed by atoms with van der Waals surface area (Å²) in [7, 11) is -3.66. The van der Waals surface area contributed by atoms with Crippen LogP contribution in [-0.4, -0.2) is 64.1 Å². The van der Waals surface area contributed by atoms with E-state index in [0.717, 1.165) is 43.5 Å². The van der Waals surface area contributed by atoms with Crippen molar-refractivity contribution < 1.29 is 17.9 Å². The topological polar surface area (TPSA) is 79.0 Å². The van der Waals surface area contributed by atoms with Gasteiger partial charge in [0.2, 0.25) is 10.0 Å². The number of fused-ring (bicyclic) bond motifs is 2. The number of nitrogens with zero attached hydrogens (tertiary/aromatic N) is 2. The van der Waals surface area contributed by atoms with Gasteiger partial charge in [0.05, 0.1) is 23.7 Å². The maximum absolute atomic E-state index is 13.6. The molecule has 0 aromatic heterocycles. The zero-order valence-electron chi connectivity index (χ0n) is 19.7. The van der Waals surface area contributed by atoms with Crippen molar-refractivity contribution in [3.8, 4) is 0 Å². The summed E-state index contributed by atoms with van der Waals surface area (Å²) in [6.45, 7) is 5.42. The molecule has 5 rings (SSSR count).